The number of benzene rings is 1. The van der Waals surface area contributed by atoms with Crippen LogP contribution >= 0.6 is 24.0 Å². The molecule has 1 aliphatic rings. The number of carbonyl (C=O) groups is 1. The number of hydrogen-bond acceptors (Lipinski definition) is 5. The Hall–Kier alpha value is -1.06. The molecule has 1 amide bonds. The number of halogens is 2. The van der Waals surface area contributed by atoms with E-state index in [1.54, 1.807) is 0 Å². The first kappa shape index (κ1) is 21.0. The average Bonchev–Trinajstić information content (AvgIpc) is 2.53. The molecule has 0 aliphatic carbocycles. The smallest absolute Gasteiger partial charge is 0.255 e. The van der Waals surface area contributed by atoms with Crippen LogP contribution in [0.25, 0.3) is 0 Å². The van der Waals surface area contributed by atoms with Crippen molar-refractivity contribution in [3.8, 4) is 5.75 Å². The molecule has 1 saturated heterocycles. The summed E-state index contributed by atoms with van der Waals surface area (Å²) in [6.07, 6.45) is 1.69. The Morgan fingerprint density at radius 2 is 2.21 bits per heavy atom. The van der Waals surface area contributed by atoms with Crippen molar-refractivity contribution in [2.24, 2.45) is 5.73 Å². The van der Waals surface area contributed by atoms with Crippen LogP contribution in [0.4, 0.5) is 0 Å². The maximum atomic E-state index is 12.9. The number of sulfonamides is 1. The van der Waals surface area contributed by atoms with E-state index in [0.717, 1.165) is 12.8 Å². The van der Waals surface area contributed by atoms with Gasteiger partial charge in [0.05, 0.1) is 0 Å². The van der Waals surface area contributed by atoms with E-state index in [1.165, 1.54) is 22.5 Å². The van der Waals surface area contributed by atoms with E-state index in [9.17, 15) is 13.2 Å². The summed E-state index contributed by atoms with van der Waals surface area (Å²) >= 11 is 5.94. The molecule has 1 atom stereocenters. The predicted octanol–water partition coefficient (Wildman–Crippen LogP) is 0.998. The maximum Gasteiger partial charge on any atom is 0.255 e. The largest absolute Gasteiger partial charge is 0.482 e. The molecule has 3 N–H and O–H groups in total. The van der Waals surface area contributed by atoms with Crippen LogP contribution in [0.15, 0.2) is 23.1 Å². The number of carbonyl (C=O) groups excluding carboxylic acids is 1. The molecule has 0 bridgehead atoms. The van der Waals surface area contributed by atoms with Crippen LogP contribution in [0.5, 0.6) is 5.75 Å². The molecule has 0 radical (unpaired) electrons. The Morgan fingerprint density at radius 3 is 2.83 bits per heavy atom. The molecule has 1 heterocycles. The van der Waals surface area contributed by atoms with E-state index >= 15 is 0 Å². The minimum Gasteiger partial charge on any atom is -0.482 e. The van der Waals surface area contributed by atoms with Gasteiger partial charge in [0.25, 0.3) is 5.91 Å². The Kier molecular flexibility index (Phi) is 7.75. The second kappa shape index (κ2) is 8.87. The highest BCUT2D eigenvalue weighted by molar-refractivity contribution is 7.89. The van der Waals surface area contributed by atoms with E-state index < -0.39 is 22.5 Å². The van der Waals surface area contributed by atoms with Crippen molar-refractivity contribution in [2.75, 3.05) is 26.7 Å². The molecule has 1 aromatic carbocycles. The normalized spacial score (nSPS) is 18.7. The molecule has 10 heteroatoms. The van der Waals surface area contributed by atoms with Gasteiger partial charge in [0.1, 0.15) is 10.6 Å². The van der Waals surface area contributed by atoms with Gasteiger partial charge < -0.3 is 15.8 Å². The molecule has 136 valence electrons. The number of primary amides is 1. The van der Waals surface area contributed by atoms with Crippen molar-refractivity contribution in [3.63, 3.8) is 0 Å². The molecule has 2 rings (SSSR count). The highest BCUT2D eigenvalue weighted by atomic mass is 35.5. The zero-order valence-corrected chi connectivity index (χ0v) is 15.6. The van der Waals surface area contributed by atoms with Crippen molar-refractivity contribution in [1.82, 2.24) is 9.62 Å². The molecule has 1 aliphatic heterocycles. The first-order valence-electron chi connectivity index (χ1n) is 7.22. The van der Waals surface area contributed by atoms with Crippen LogP contribution < -0.4 is 15.8 Å². The second-order valence-electron chi connectivity index (χ2n) is 5.34. The Balaban J connectivity index is 0.00000288. The first-order valence-corrected chi connectivity index (χ1v) is 9.04. The molecule has 0 aromatic heterocycles. The van der Waals surface area contributed by atoms with Gasteiger partial charge in [0.2, 0.25) is 10.0 Å². The molecule has 1 unspecified atom stereocenters. The number of rotatable bonds is 6. The number of nitrogens with one attached hydrogen (secondary N) is 1. The molecule has 1 fully saturated rings. The van der Waals surface area contributed by atoms with E-state index in [0.29, 0.717) is 13.1 Å². The number of hydrogen-bond donors (Lipinski definition) is 2. The lowest BCUT2D eigenvalue weighted by Crippen LogP contribution is -2.46. The third-order valence-corrected chi connectivity index (χ3v) is 5.81. The summed E-state index contributed by atoms with van der Waals surface area (Å²) in [4.78, 5) is 10.8. The van der Waals surface area contributed by atoms with Gasteiger partial charge in [-0.15, -0.1) is 12.4 Å². The number of ether oxygens (including phenoxy) is 1. The van der Waals surface area contributed by atoms with Crippen LogP contribution in [-0.2, 0) is 14.8 Å². The maximum absolute atomic E-state index is 12.9. The third kappa shape index (κ3) is 4.97. The van der Waals surface area contributed by atoms with Gasteiger partial charge in [-0.3, -0.25) is 4.79 Å². The SMILES string of the molecule is CNC1CCCN(S(=O)(=O)c2cc(Cl)ccc2OCC(N)=O)C1.Cl. The van der Waals surface area contributed by atoms with Gasteiger partial charge in [0.15, 0.2) is 6.61 Å². The number of nitrogens with two attached hydrogens (primary N) is 1. The van der Waals surface area contributed by atoms with Crippen molar-refractivity contribution in [1.29, 1.82) is 0 Å². The van der Waals surface area contributed by atoms with Crippen LogP contribution in [0.3, 0.4) is 0 Å². The van der Waals surface area contributed by atoms with Crippen LogP contribution in [-0.4, -0.2) is 51.4 Å². The highest BCUT2D eigenvalue weighted by Gasteiger charge is 2.32. The summed E-state index contributed by atoms with van der Waals surface area (Å²) in [5.41, 5.74) is 5.05. The fraction of sp³-hybridized carbons (Fsp3) is 0.500. The third-order valence-electron chi connectivity index (χ3n) is 3.69. The van der Waals surface area contributed by atoms with Crippen molar-refractivity contribution in [2.45, 2.75) is 23.8 Å². The van der Waals surface area contributed by atoms with Crippen LogP contribution in [0, 0.1) is 0 Å². The first-order chi connectivity index (χ1) is 10.8. The lowest BCUT2D eigenvalue weighted by Gasteiger charge is -2.32. The lowest BCUT2D eigenvalue weighted by molar-refractivity contribution is -0.120. The number of amides is 1. The molecular formula is C14H21Cl2N3O4S. The Labute approximate surface area is 152 Å². The monoisotopic (exact) mass is 397 g/mol. The summed E-state index contributed by atoms with van der Waals surface area (Å²) in [5, 5.41) is 3.37. The topological polar surface area (TPSA) is 102 Å². The Bertz CT molecular complexity index is 685. The molecular weight excluding hydrogens is 377 g/mol. The zero-order chi connectivity index (χ0) is 17.0. The Morgan fingerprint density at radius 1 is 1.50 bits per heavy atom. The predicted molar refractivity (Wildman–Crippen MR) is 94.2 cm³/mol. The van der Waals surface area contributed by atoms with Crippen molar-refractivity contribution < 1.29 is 17.9 Å². The molecule has 1 aromatic rings. The van der Waals surface area contributed by atoms with E-state index in [1.807, 2.05) is 7.05 Å². The molecule has 7 nitrogen and oxygen atoms in total. The van der Waals surface area contributed by atoms with E-state index in [2.05, 4.69) is 5.32 Å². The van der Waals surface area contributed by atoms with Gasteiger partial charge >= 0.3 is 0 Å². The van der Waals surface area contributed by atoms with Gasteiger partial charge in [-0.05, 0) is 38.1 Å². The second-order valence-corrected chi connectivity index (χ2v) is 7.68. The van der Waals surface area contributed by atoms with Gasteiger partial charge in [-0.1, -0.05) is 11.6 Å². The van der Waals surface area contributed by atoms with Crippen molar-refractivity contribution in [3.05, 3.63) is 23.2 Å². The van der Waals surface area contributed by atoms with Gasteiger partial charge in [0, 0.05) is 24.2 Å². The fourth-order valence-electron chi connectivity index (χ4n) is 2.49. The quantitative estimate of drug-likeness (QED) is 0.745. The van der Waals surface area contributed by atoms with E-state index in [-0.39, 0.29) is 34.1 Å². The zero-order valence-electron chi connectivity index (χ0n) is 13.2. The molecule has 24 heavy (non-hydrogen) atoms. The van der Waals surface area contributed by atoms with Crippen LogP contribution in [0.1, 0.15) is 12.8 Å². The summed E-state index contributed by atoms with van der Waals surface area (Å²) in [7, 11) is -1.97. The minimum absolute atomic E-state index is 0. The summed E-state index contributed by atoms with van der Waals surface area (Å²) in [6.45, 7) is 0.409. The van der Waals surface area contributed by atoms with Gasteiger partial charge in [-0.25, -0.2) is 8.42 Å². The molecule has 0 saturated carbocycles. The minimum atomic E-state index is -3.77. The summed E-state index contributed by atoms with van der Waals surface area (Å²) in [6, 6.07) is 4.37. The fourth-order valence-corrected chi connectivity index (χ4v) is 4.40. The lowest BCUT2D eigenvalue weighted by atomic mass is 10.1. The average molecular weight is 398 g/mol. The highest BCUT2D eigenvalue weighted by Crippen LogP contribution is 2.31. The van der Waals surface area contributed by atoms with Crippen molar-refractivity contribution >= 4 is 39.9 Å². The number of nitrogens with zero attached hydrogens (tertiary/aromatic N) is 1. The van der Waals surface area contributed by atoms with E-state index in [4.69, 9.17) is 22.1 Å². The summed E-state index contributed by atoms with van der Waals surface area (Å²) < 4.78 is 32.5. The molecule has 0 spiro atoms. The van der Waals surface area contributed by atoms with Crippen LogP contribution in [0.2, 0.25) is 5.02 Å². The summed E-state index contributed by atoms with van der Waals surface area (Å²) in [5.74, 6) is -0.615. The number of likely N-dealkylation sites (N-methyl/N-ethyl adjacent to an activating group) is 1. The standard InChI is InChI=1S/C14H20ClN3O4S.ClH/c1-17-11-3-2-6-18(8-11)23(20,21)13-7-10(15)4-5-12(13)22-9-14(16)19;/h4-5,7,11,17H,2-3,6,8-9H2,1H3,(H2,16,19);1H. The van der Waals surface area contributed by atoms with Gasteiger partial charge in [-0.2, -0.15) is 4.31 Å². The number of piperidine rings is 1.